The third kappa shape index (κ3) is 5.30. The monoisotopic (exact) mass is 327 g/mol. The van der Waals surface area contributed by atoms with Crippen LogP contribution in [0.4, 0.5) is 10.5 Å². The van der Waals surface area contributed by atoms with Crippen molar-refractivity contribution in [1.82, 2.24) is 0 Å². The van der Waals surface area contributed by atoms with E-state index < -0.39 is 11.7 Å². The molecule has 0 saturated carbocycles. The first-order valence-corrected chi connectivity index (χ1v) is 8.02. The van der Waals surface area contributed by atoms with E-state index in [0.29, 0.717) is 6.61 Å². The number of rotatable bonds is 4. The van der Waals surface area contributed by atoms with Crippen LogP contribution < -0.4 is 10.1 Å². The average Bonchev–Trinajstić information content (AvgIpc) is 2.48. The first-order chi connectivity index (χ1) is 11.2. The highest BCUT2D eigenvalue weighted by Gasteiger charge is 2.18. The molecule has 0 spiro atoms. The van der Waals surface area contributed by atoms with E-state index in [-0.39, 0.29) is 0 Å². The molecule has 2 aromatic carbocycles. The maximum atomic E-state index is 12.0. The van der Waals surface area contributed by atoms with E-state index in [1.807, 2.05) is 77.1 Å². The minimum Gasteiger partial charge on any atom is -0.489 e. The highest BCUT2D eigenvalue weighted by atomic mass is 16.6. The molecule has 0 bridgehead atoms. The molecule has 0 aliphatic carbocycles. The molecule has 1 N–H and O–H groups in total. The number of amides is 1. The molecule has 0 saturated heterocycles. The molecule has 0 aliphatic rings. The second-order valence-electron chi connectivity index (χ2n) is 6.83. The quantitative estimate of drug-likeness (QED) is 0.836. The highest BCUT2D eigenvalue weighted by molar-refractivity contribution is 5.87. The molecule has 0 heterocycles. The van der Waals surface area contributed by atoms with Gasteiger partial charge in [-0.1, -0.05) is 30.3 Å². The Bertz CT molecular complexity index is 680. The smallest absolute Gasteiger partial charge is 0.412 e. The van der Waals surface area contributed by atoms with Gasteiger partial charge in [-0.3, -0.25) is 5.32 Å². The van der Waals surface area contributed by atoms with E-state index in [1.54, 1.807) is 0 Å². The van der Waals surface area contributed by atoms with Crippen molar-refractivity contribution in [2.75, 3.05) is 5.32 Å². The standard InChI is InChI=1S/C20H25NO3/c1-14-11-17(23-13-16-9-7-6-8-10-16)12-15(2)18(14)21-19(22)24-20(3,4)5/h6-12H,13H2,1-5H3,(H,21,22). The molecule has 128 valence electrons. The van der Waals surface area contributed by atoms with Crippen LogP contribution in [0.5, 0.6) is 5.75 Å². The number of nitrogens with one attached hydrogen (secondary N) is 1. The Hall–Kier alpha value is -2.49. The molecule has 1 amide bonds. The van der Waals surface area contributed by atoms with Gasteiger partial charge in [0.2, 0.25) is 0 Å². The molecule has 2 rings (SSSR count). The van der Waals surface area contributed by atoms with Crippen molar-refractivity contribution in [3.05, 3.63) is 59.2 Å². The zero-order chi connectivity index (χ0) is 17.7. The van der Waals surface area contributed by atoms with E-state index in [4.69, 9.17) is 9.47 Å². The number of carbonyl (C=O) groups is 1. The summed E-state index contributed by atoms with van der Waals surface area (Å²) in [7, 11) is 0. The summed E-state index contributed by atoms with van der Waals surface area (Å²) in [4.78, 5) is 12.0. The number of ether oxygens (including phenoxy) is 2. The van der Waals surface area contributed by atoms with Gasteiger partial charge in [-0.05, 0) is 63.4 Å². The van der Waals surface area contributed by atoms with Gasteiger partial charge >= 0.3 is 6.09 Å². The Labute approximate surface area is 143 Å². The normalized spacial score (nSPS) is 11.0. The second-order valence-corrected chi connectivity index (χ2v) is 6.83. The van der Waals surface area contributed by atoms with Gasteiger partial charge in [0.05, 0.1) is 5.69 Å². The zero-order valence-electron chi connectivity index (χ0n) is 15.0. The van der Waals surface area contributed by atoms with Gasteiger partial charge < -0.3 is 9.47 Å². The lowest BCUT2D eigenvalue weighted by Crippen LogP contribution is -2.27. The highest BCUT2D eigenvalue weighted by Crippen LogP contribution is 2.27. The van der Waals surface area contributed by atoms with Crippen LogP contribution in [0.2, 0.25) is 0 Å². The van der Waals surface area contributed by atoms with Crippen LogP contribution in [0.25, 0.3) is 0 Å². The van der Waals surface area contributed by atoms with Crippen LogP contribution in [0.15, 0.2) is 42.5 Å². The summed E-state index contributed by atoms with van der Waals surface area (Å²) < 4.78 is 11.2. The number of carbonyl (C=O) groups excluding carboxylic acids is 1. The first-order valence-electron chi connectivity index (χ1n) is 8.02. The van der Waals surface area contributed by atoms with Gasteiger partial charge in [0.15, 0.2) is 0 Å². The minimum absolute atomic E-state index is 0.452. The molecule has 0 fully saturated rings. The van der Waals surface area contributed by atoms with Gasteiger partial charge in [-0.15, -0.1) is 0 Å². The Balaban J connectivity index is 2.06. The third-order valence-corrected chi connectivity index (χ3v) is 3.38. The summed E-state index contributed by atoms with van der Waals surface area (Å²) in [5, 5.41) is 2.82. The van der Waals surface area contributed by atoms with Crippen LogP contribution in [0.1, 0.15) is 37.5 Å². The van der Waals surface area contributed by atoms with E-state index in [0.717, 1.165) is 28.1 Å². The summed E-state index contributed by atoms with van der Waals surface area (Å²) in [6.45, 7) is 9.91. The zero-order valence-corrected chi connectivity index (χ0v) is 15.0. The van der Waals surface area contributed by atoms with Crippen LogP contribution in [0.3, 0.4) is 0 Å². The summed E-state index contributed by atoms with van der Waals surface area (Å²) in [5.41, 5.74) is 3.22. The van der Waals surface area contributed by atoms with E-state index in [2.05, 4.69) is 5.32 Å². The molecular weight excluding hydrogens is 302 g/mol. The van der Waals surface area contributed by atoms with Gasteiger partial charge in [-0.25, -0.2) is 4.79 Å². The lowest BCUT2D eigenvalue weighted by atomic mass is 10.1. The molecular formula is C20H25NO3. The fourth-order valence-corrected chi connectivity index (χ4v) is 2.35. The molecule has 0 atom stereocenters. The molecule has 24 heavy (non-hydrogen) atoms. The van der Waals surface area contributed by atoms with Gasteiger partial charge in [0.25, 0.3) is 0 Å². The Morgan fingerprint density at radius 1 is 1.04 bits per heavy atom. The van der Waals surface area contributed by atoms with Gasteiger partial charge in [-0.2, -0.15) is 0 Å². The molecule has 2 aromatic rings. The lowest BCUT2D eigenvalue weighted by molar-refractivity contribution is 0.0635. The molecule has 0 aliphatic heterocycles. The number of anilines is 1. The van der Waals surface area contributed by atoms with Gasteiger partial charge in [0, 0.05) is 0 Å². The van der Waals surface area contributed by atoms with Crippen molar-refractivity contribution in [3.63, 3.8) is 0 Å². The van der Waals surface area contributed by atoms with Crippen molar-refractivity contribution in [2.45, 2.75) is 46.8 Å². The summed E-state index contributed by atoms with van der Waals surface area (Å²) in [6.07, 6.45) is -0.452. The first kappa shape index (κ1) is 17.9. The van der Waals surface area contributed by atoms with Crippen LogP contribution in [0, 0.1) is 13.8 Å². The lowest BCUT2D eigenvalue weighted by Gasteiger charge is -2.21. The van der Waals surface area contributed by atoms with E-state index in [9.17, 15) is 4.79 Å². The Kier molecular flexibility index (Phi) is 5.50. The molecule has 0 aromatic heterocycles. The summed E-state index contributed by atoms with van der Waals surface area (Å²) in [6, 6.07) is 13.8. The molecule has 4 heteroatoms. The second kappa shape index (κ2) is 7.39. The summed E-state index contributed by atoms with van der Waals surface area (Å²) >= 11 is 0. The van der Waals surface area contributed by atoms with Crippen molar-refractivity contribution in [2.24, 2.45) is 0 Å². The third-order valence-electron chi connectivity index (χ3n) is 3.38. The Morgan fingerprint density at radius 2 is 1.62 bits per heavy atom. The Morgan fingerprint density at radius 3 is 2.17 bits per heavy atom. The minimum atomic E-state index is -0.523. The number of aryl methyl sites for hydroxylation is 2. The molecule has 0 radical (unpaired) electrons. The fraction of sp³-hybridized carbons (Fsp3) is 0.350. The number of hydrogen-bond acceptors (Lipinski definition) is 3. The average molecular weight is 327 g/mol. The van der Waals surface area contributed by atoms with E-state index >= 15 is 0 Å². The largest absolute Gasteiger partial charge is 0.489 e. The van der Waals surface area contributed by atoms with E-state index in [1.165, 1.54) is 0 Å². The predicted molar refractivity (Wildman–Crippen MR) is 96.5 cm³/mol. The predicted octanol–water partition coefficient (Wildman–Crippen LogP) is 5.23. The van der Waals surface area contributed by atoms with Gasteiger partial charge in [0.1, 0.15) is 18.0 Å². The maximum Gasteiger partial charge on any atom is 0.412 e. The van der Waals surface area contributed by atoms with Crippen molar-refractivity contribution >= 4 is 11.8 Å². The fourth-order valence-electron chi connectivity index (χ4n) is 2.35. The van der Waals surface area contributed by atoms with Crippen molar-refractivity contribution < 1.29 is 14.3 Å². The van der Waals surface area contributed by atoms with Crippen LogP contribution in [-0.2, 0) is 11.3 Å². The number of hydrogen-bond donors (Lipinski definition) is 1. The maximum absolute atomic E-state index is 12.0. The van der Waals surface area contributed by atoms with Crippen LogP contribution >= 0.6 is 0 Å². The molecule has 4 nitrogen and oxygen atoms in total. The summed E-state index contributed by atoms with van der Waals surface area (Å²) in [5.74, 6) is 0.781. The van der Waals surface area contributed by atoms with Crippen molar-refractivity contribution in [3.8, 4) is 5.75 Å². The van der Waals surface area contributed by atoms with Crippen molar-refractivity contribution in [1.29, 1.82) is 0 Å². The SMILES string of the molecule is Cc1cc(OCc2ccccc2)cc(C)c1NC(=O)OC(C)(C)C. The van der Waals surface area contributed by atoms with Crippen LogP contribution in [-0.4, -0.2) is 11.7 Å². The molecule has 0 unspecified atom stereocenters. The topological polar surface area (TPSA) is 47.6 Å². The number of benzene rings is 2.